The summed E-state index contributed by atoms with van der Waals surface area (Å²) in [6.45, 7) is 3.36. The van der Waals surface area contributed by atoms with E-state index in [0.717, 1.165) is 16.0 Å². The molecule has 0 saturated heterocycles. The van der Waals surface area contributed by atoms with E-state index < -0.39 is 5.41 Å². The van der Waals surface area contributed by atoms with Gasteiger partial charge in [0.25, 0.3) is 0 Å². The Morgan fingerprint density at radius 2 is 2.20 bits per heavy atom. The van der Waals surface area contributed by atoms with Gasteiger partial charge in [-0.1, -0.05) is 23.6 Å². The maximum Gasteiger partial charge on any atom is 0.238 e. The summed E-state index contributed by atoms with van der Waals surface area (Å²) in [5, 5.41) is 3.27. The third kappa shape index (κ3) is 2.73. The van der Waals surface area contributed by atoms with Gasteiger partial charge in [-0.05, 0) is 32.0 Å². The Hall–Kier alpha value is -1.73. The fourth-order valence-corrected chi connectivity index (χ4v) is 2.43. The van der Waals surface area contributed by atoms with E-state index in [-0.39, 0.29) is 10.9 Å². The lowest BCUT2D eigenvalue weighted by molar-refractivity contribution is -0.121. The van der Waals surface area contributed by atoms with Crippen molar-refractivity contribution in [2.75, 3.05) is 12.4 Å². The minimum atomic E-state index is -0.912. The predicted molar refractivity (Wildman–Crippen MR) is 85.4 cm³/mol. The van der Waals surface area contributed by atoms with Crippen molar-refractivity contribution >= 4 is 49.8 Å². The van der Waals surface area contributed by atoms with Crippen LogP contribution >= 0.6 is 23.6 Å². The van der Waals surface area contributed by atoms with Crippen molar-refractivity contribution in [2.45, 2.75) is 13.8 Å². The lowest BCUT2D eigenvalue weighted by atomic mass is 9.92. The number of anilines is 1. The summed E-state index contributed by atoms with van der Waals surface area (Å²) in [6, 6.07) is 5.55. The van der Waals surface area contributed by atoms with Crippen LogP contribution in [-0.4, -0.2) is 23.0 Å². The van der Waals surface area contributed by atoms with Crippen molar-refractivity contribution in [3.63, 3.8) is 0 Å². The van der Waals surface area contributed by atoms with E-state index >= 15 is 0 Å². The van der Waals surface area contributed by atoms with Gasteiger partial charge in [-0.3, -0.25) is 4.79 Å². The monoisotopic (exact) mass is 309 g/mol. The highest BCUT2D eigenvalue weighted by atomic mass is 32.1. The number of amides is 1. The van der Waals surface area contributed by atoms with Crippen LogP contribution in [0.2, 0.25) is 0 Å². The maximum absolute atomic E-state index is 12.1. The van der Waals surface area contributed by atoms with Gasteiger partial charge >= 0.3 is 0 Å². The van der Waals surface area contributed by atoms with Gasteiger partial charge in [-0.25, -0.2) is 4.98 Å². The summed E-state index contributed by atoms with van der Waals surface area (Å²) in [4.78, 5) is 16.6. The number of carbonyl (C=O) groups excluding carboxylic acids is 1. The van der Waals surface area contributed by atoms with Crippen LogP contribution in [0.15, 0.2) is 18.2 Å². The number of benzene rings is 1. The molecule has 0 atom stereocenters. The van der Waals surface area contributed by atoms with Crippen LogP contribution in [0.4, 0.5) is 5.13 Å². The number of aromatic nitrogens is 1. The number of fused-ring (bicyclic) bond motifs is 1. The van der Waals surface area contributed by atoms with Crippen LogP contribution in [0.25, 0.3) is 10.2 Å². The molecule has 2 aromatic rings. The molecule has 1 aromatic heterocycles. The average Bonchev–Trinajstić information content (AvgIpc) is 2.79. The molecule has 0 fully saturated rings. The Labute approximate surface area is 126 Å². The first kappa shape index (κ1) is 14.7. The molecule has 106 valence electrons. The Bertz CT molecular complexity index is 679. The molecule has 1 aromatic carbocycles. The Kier molecular flexibility index (Phi) is 3.92. The van der Waals surface area contributed by atoms with Gasteiger partial charge in [-0.2, -0.15) is 0 Å². The molecule has 0 aliphatic rings. The second-order valence-corrected chi connectivity index (χ2v) is 6.27. The van der Waals surface area contributed by atoms with E-state index in [1.807, 2.05) is 18.2 Å². The second-order valence-electron chi connectivity index (χ2n) is 4.80. The quantitative estimate of drug-likeness (QED) is 0.849. The second kappa shape index (κ2) is 5.34. The molecule has 0 radical (unpaired) electrons. The summed E-state index contributed by atoms with van der Waals surface area (Å²) in [5.41, 5.74) is 5.47. The fourth-order valence-electron chi connectivity index (χ4n) is 1.45. The van der Waals surface area contributed by atoms with Crippen molar-refractivity contribution in [3.8, 4) is 5.75 Å². The molecule has 2 rings (SSSR count). The summed E-state index contributed by atoms with van der Waals surface area (Å²) in [7, 11) is 1.61. The fraction of sp³-hybridized carbons (Fsp3) is 0.308. The number of hydrogen-bond donors (Lipinski definition) is 2. The van der Waals surface area contributed by atoms with Crippen LogP contribution in [0, 0.1) is 5.41 Å². The molecule has 0 unspecified atom stereocenters. The first-order valence-electron chi connectivity index (χ1n) is 5.90. The molecule has 5 nitrogen and oxygen atoms in total. The molecule has 0 aliphatic heterocycles. The SMILES string of the molecule is COc1ccc2nc(NC(=O)C(C)(C)C(N)=S)sc2c1. The summed E-state index contributed by atoms with van der Waals surface area (Å²) >= 11 is 6.28. The highest BCUT2D eigenvalue weighted by Gasteiger charge is 2.31. The largest absolute Gasteiger partial charge is 0.497 e. The number of rotatable bonds is 4. The first-order chi connectivity index (χ1) is 9.34. The summed E-state index contributed by atoms with van der Waals surface area (Å²) < 4.78 is 6.09. The summed E-state index contributed by atoms with van der Waals surface area (Å²) in [5.74, 6) is 0.485. The standard InChI is InChI=1S/C13H15N3O2S2/c1-13(2,10(14)19)11(17)16-12-15-8-5-4-7(18-3)6-9(8)20-12/h4-6H,1-3H3,(H2,14,19)(H,15,16,17). The minimum absolute atomic E-state index is 0.151. The van der Waals surface area contributed by atoms with Crippen LogP contribution in [0.1, 0.15) is 13.8 Å². The van der Waals surface area contributed by atoms with Gasteiger partial charge in [-0.15, -0.1) is 0 Å². The van der Waals surface area contributed by atoms with Crippen molar-refractivity contribution in [1.29, 1.82) is 0 Å². The van der Waals surface area contributed by atoms with E-state index in [1.165, 1.54) is 11.3 Å². The molecule has 3 N–H and O–H groups in total. The third-order valence-corrected chi connectivity index (χ3v) is 4.44. The van der Waals surface area contributed by atoms with Crippen LogP contribution in [-0.2, 0) is 4.79 Å². The Balaban J connectivity index is 2.26. The number of hydrogen-bond acceptors (Lipinski definition) is 5. The topological polar surface area (TPSA) is 77.2 Å². The van der Waals surface area contributed by atoms with E-state index in [4.69, 9.17) is 22.7 Å². The van der Waals surface area contributed by atoms with Crippen molar-refractivity contribution < 1.29 is 9.53 Å². The van der Waals surface area contributed by atoms with E-state index in [1.54, 1.807) is 21.0 Å². The van der Waals surface area contributed by atoms with Crippen LogP contribution in [0.5, 0.6) is 5.75 Å². The Morgan fingerprint density at radius 1 is 1.50 bits per heavy atom. The van der Waals surface area contributed by atoms with Crippen molar-refractivity contribution in [3.05, 3.63) is 18.2 Å². The lowest BCUT2D eigenvalue weighted by Gasteiger charge is -2.20. The molecular weight excluding hydrogens is 294 g/mol. The number of nitrogens with two attached hydrogens (primary N) is 1. The average molecular weight is 309 g/mol. The van der Waals surface area contributed by atoms with E-state index in [9.17, 15) is 4.79 Å². The van der Waals surface area contributed by atoms with Crippen molar-refractivity contribution in [1.82, 2.24) is 4.98 Å². The highest BCUT2D eigenvalue weighted by molar-refractivity contribution is 7.80. The molecule has 1 amide bonds. The molecule has 0 aliphatic carbocycles. The first-order valence-corrected chi connectivity index (χ1v) is 7.13. The number of thiazole rings is 1. The van der Waals surface area contributed by atoms with Crippen molar-refractivity contribution in [2.24, 2.45) is 11.1 Å². The van der Waals surface area contributed by atoms with Gasteiger partial charge < -0.3 is 15.8 Å². The van der Waals surface area contributed by atoms with Gasteiger partial charge in [0.15, 0.2) is 5.13 Å². The van der Waals surface area contributed by atoms with Crippen LogP contribution in [0.3, 0.4) is 0 Å². The van der Waals surface area contributed by atoms with Gasteiger partial charge in [0.1, 0.15) is 5.75 Å². The predicted octanol–water partition coefficient (Wildman–Crippen LogP) is 2.56. The summed E-state index contributed by atoms with van der Waals surface area (Å²) in [6.07, 6.45) is 0. The maximum atomic E-state index is 12.1. The number of nitrogens with zero attached hydrogens (tertiary/aromatic N) is 1. The molecule has 0 bridgehead atoms. The molecule has 0 spiro atoms. The number of methoxy groups -OCH3 is 1. The zero-order chi connectivity index (χ0) is 14.9. The molecule has 7 heteroatoms. The number of carbonyl (C=O) groups is 1. The molecule has 0 saturated carbocycles. The number of thiocarbonyl (C=S) groups is 1. The van der Waals surface area contributed by atoms with Crippen LogP contribution < -0.4 is 15.8 Å². The Morgan fingerprint density at radius 3 is 2.80 bits per heavy atom. The third-order valence-electron chi connectivity index (χ3n) is 3.00. The van der Waals surface area contributed by atoms with E-state index in [2.05, 4.69) is 10.3 Å². The number of nitrogens with one attached hydrogen (secondary N) is 1. The zero-order valence-electron chi connectivity index (χ0n) is 11.4. The molecule has 1 heterocycles. The lowest BCUT2D eigenvalue weighted by Crippen LogP contribution is -2.41. The van der Waals surface area contributed by atoms with Gasteiger partial charge in [0, 0.05) is 0 Å². The molecular formula is C13H15N3O2S2. The normalized spacial score (nSPS) is 11.3. The number of ether oxygens (including phenoxy) is 1. The molecule has 20 heavy (non-hydrogen) atoms. The van der Waals surface area contributed by atoms with Gasteiger partial charge in [0.2, 0.25) is 5.91 Å². The zero-order valence-corrected chi connectivity index (χ0v) is 13.0. The highest BCUT2D eigenvalue weighted by Crippen LogP contribution is 2.30. The van der Waals surface area contributed by atoms with E-state index in [0.29, 0.717) is 5.13 Å². The van der Waals surface area contributed by atoms with Gasteiger partial charge in [0.05, 0.1) is 27.7 Å². The smallest absolute Gasteiger partial charge is 0.238 e. The minimum Gasteiger partial charge on any atom is -0.497 e.